The summed E-state index contributed by atoms with van der Waals surface area (Å²) in [6.45, 7) is 0.0768. The van der Waals surface area contributed by atoms with Crippen LogP contribution in [0.15, 0.2) is 64.1 Å². The number of halogens is 1. The van der Waals surface area contributed by atoms with Crippen molar-refractivity contribution in [1.82, 2.24) is 9.55 Å². The van der Waals surface area contributed by atoms with E-state index >= 15 is 0 Å². The molecule has 7 nitrogen and oxygen atoms in total. The van der Waals surface area contributed by atoms with Crippen LogP contribution < -0.4 is 11.3 Å². The molecule has 0 bridgehead atoms. The summed E-state index contributed by atoms with van der Waals surface area (Å²) in [6, 6.07) is 13.7. The van der Waals surface area contributed by atoms with E-state index in [-0.39, 0.29) is 18.5 Å². The van der Waals surface area contributed by atoms with Crippen molar-refractivity contribution in [3.8, 4) is 0 Å². The molecule has 0 radical (unpaired) electrons. The number of esters is 1. The average molecular weight is 430 g/mol. The number of aromatic nitrogens is 2. The molecule has 2 N–H and O–H groups in total. The Bertz CT molecular complexity index is 1050. The molecule has 2 aromatic carbocycles. The van der Waals surface area contributed by atoms with Crippen LogP contribution in [0.25, 0.3) is 10.9 Å². The Balaban J connectivity index is 1.72. The third-order valence-corrected chi connectivity index (χ3v) is 4.45. The molecule has 1 heterocycles. The number of hydrogen-bond acceptors (Lipinski definition) is 5. The first kappa shape index (κ1) is 18.8. The molecule has 1 amide bonds. The Morgan fingerprint density at radius 2 is 1.93 bits per heavy atom. The molecule has 3 aromatic rings. The van der Waals surface area contributed by atoms with Crippen LogP contribution in [0.5, 0.6) is 0 Å². The molecule has 0 fully saturated rings. The lowest BCUT2D eigenvalue weighted by atomic mass is 10.1. The third kappa shape index (κ3) is 4.40. The zero-order valence-corrected chi connectivity index (χ0v) is 15.8. The van der Waals surface area contributed by atoms with Crippen molar-refractivity contribution in [1.29, 1.82) is 0 Å². The molecule has 3 rings (SSSR count). The van der Waals surface area contributed by atoms with Crippen molar-refractivity contribution >= 4 is 38.7 Å². The number of primary amides is 1. The van der Waals surface area contributed by atoms with Gasteiger partial charge in [-0.3, -0.25) is 19.0 Å². The van der Waals surface area contributed by atoms with Crippen molar-refractivity contribution < 1.29 is 14.3 Å². The fraction of sp³-hybridized carbons (Fsp3) is 0.158. The highest BCUT2D eigenvalue weighted by Crippen LogP contribution is 2.18. The molecule has 1 atom stereocenters. The van der Waals surface area contributed by atoms with Gasteiger partial charge < -0.3 is 10.5 Å². The van der Waals surface area contributed by atoms with Crippen molar-refractivity contribution in [3.05, 3.63) is 75.2 Å². The molecule has 1 unspecified atom stereocenters. The van der Waals surface area contributed by atoms with E-state index in [1.165, 1.54) is 10.9 Å². The largest absolute Gasteiger partial charge is 0.447 e. The van der Waals surface area contributed by atoms with Gasteiger partial charge in [-0.1, -0.05) is 46.3 Å². The number of nitrogens with zero attached hydrogens (tertiary/aromatic N) is 2. The van der Waals surface area contributed by atoms with Crippen molar-refractivity contribution in [3.63, 3.8) is 0 Å². The Kier molecular flexibility index (Phi) is 5.66. The number of fused-ring (bicyclic) bond motifs is 1. The Labute approximate surface area is 162 Å². The van der Waals surface area contributed by atoms with Gasteiger partial charge in [0.25, 0.3) is 11.5 Å². The van der Waals surface area contributed by atoms with Crippen LogP contribution in [-0.2, 0) is 20.9 Å². The smallest absolute Gasteiger partial charge is 0.308 e. The molecule has 0 spiro atoms. The fourth-order valence-corrected chi connectivity index (χ4v) is 2.97. The predicted octanol–water partition coefficient (Wildman–Crippen LogP) is 2.32. The summed E-state index contributed by atoms with van der Waals surface area (Å²) >= 11 is 3.32. The van der Waals surface area contributed by atoms with E-state index in [1.807, 2.05) is 0 Å². The summed E-state index contributed by atoms with van der Waals surface area (Å²) in [5, 5.41) is 0.444. The maximum absolute atomic E-state index is 12.5. The van der Waals surface area contributed by atoms with Crippen LogP contribution in [0.4, 0.5) is 0 Å². The number of aryl methyl sites for hydroxylation is 1. The highest BCUT2D eigenvalue weighted by Gasteiger charge is 2.22. The lowest BCUT2D eigenvalue weighted by molar-refractivity contribution is -0.155. The van der Waals surface area contributed by atoms with Gasteiger partial charge in [0.05, 0.1) is 23.7 Å². The number of benzene rings is 2. The highest BCUT2D eigenvalue weighted by molar-refractivity contribution is 9.10. The maximum Gasteiger partial charge on any atom is 0.308 e. The summed E-state index contributed by atoms with van der Waals surface area (Å²) in [7, 11) is 0. The predicted molar refractivity (Wildman–Crippen MR) is 103 cm³/mol. The van der Waals surface area contributed by atoms with Crippen molar-refractivity contribution in [2.24, 2.45) is 5.73 Å². The lowest BCUT2D eigenvalue weighted by Gasteiger charge is -2.15. The SMILES string of the molecule is NC(=O)C(OC(=O)CCn1cnc2ccc(Br)cc2c1=O)c1ccccc1. The number of carbonyl (C=O) groups excluding carboxylic acids is 2. The summed E-state index contributed by atoms with van der Waals surface area (Å²) < 4.78 is 7.30. The van der Waals surface area contributed by atoms with E-state index in [0.717, 1.165) is 4.47 Å². The molecule has 27 heavy (non-hydrogen) atoms. The second-order valence-corrected chi connectivity index (χ2v) is 6.75. The fourth-order valence-electron chi connectivity index (χ4n) is 2.61. The molecular formula is C19H16BrN3O4. The second-order valence-electron chi connectivity index (χ2n) is 5.84. The zero-order chi connectivity index (χ0) is 19.4. The molecule has 0 aliphatic heterocycles. The van der Waals surface area contributed by atoms with Crippen LogP contribution in [0.2, 0.25) is 0 Å². The third-order valence-electron chi connectivity index (χ3n) is 3.95. The zero-order valence-electron chi connectivity index (χ0n) is 14.2. The van der Waals surface area contributed by atoms with Crippen LogP contribution in [0.1, 0.15) is 18.1 Å². The summed E-state index contributed by atoms with van der Waals surface area (Å²) in [5.74, 6) is -1.40. The standard InChI is InChI=1S/C19H16BrN3O4/c20-13-6-7-15-14(10-13)19(26)23(11-22-15)9-8-16(24)27-17(18(21)25)12-4-2-1-3-5-12/h1-7,10-11,17H,8-9H2,(H2,21,25). The number of amides is 1. The van der Waals surface area contributed by atoms with Crippen molar-refractivity contribution in [2.75, 3.05) is 0 Å². The Morgan fingerprint density at radius 3 is 2.63 bits per heavy atom. The quantitative estimate of drug-likeness (QED) is 0.605. The number of ether oxygens (including phenoxy) is 1. The monoisotopic (exact) mass is 429 g/mol. The van der Waals surface area contributed by atoms with Gasteiger partial charge in [0.15, 0.2) is 0 Å². The van der Waals surface area contributed by atoms with Gasteiger partial charge in [-0.05, 0) is 18.2 Å². The topological polar surface area (TPSA) is 104 Å². The normalized spacial score (nSPS) is 11.9. The van der Waals surface area contributed by atoms with Gasteiger partial charge >= 0.3 is 5.97 Å². The molecule has 1 aromatic heterocycles. The minimum atomic E-state index is -1.17. The van der Waals surface area contributed by atoms with Crippen LogP contribution >= 0.6 is 15.9 Å². The van der Waals surface area contributed by atoms with E-state index in [2.05, 4.69) is 20.9 Å². The number of carbonyl (C=O) groups is 2. The summed E-state index contributed by atoms with van der Waals surface area (Å²) in [4.78, 5) is 40.5. The number of hydrogen-bond donors (Lipinski definition) is 1. The first-order valence-electron chi connectivity index (χ1n) is 8.14. The molecule has 0 saturated heterocycles. The first-order valence-corrected chi connectivity index (χ1v) is 8.93. The van der Waals surface area contributed by atoms with E-state index in [9.17, 15) is 14.4 Å². The maximum atomic E-state index is 12.5. The molecular weight excluding hydrogens is 414 g/mol. The van der Waals surface area contributed by atoms with Gasteiger partial charge in [0.1, 0.15) is 0 Å². The van der Waals surface area contributed by atoms with Crippen LogP contribution in [0.3, 0.4) is 0 Å². The average Bonchev–Trinajstić information content (AvgIpc) is 2.66. The van der Waals surface area contributed by atoms with Gasteiger partial charge in [0, 0.05) is 16.6 Å². The summed E-state index contributed by atoms with van der Waals surface area (Å²) in [6.07, 6.45) is 0.118. The Hall–Kier alpha value is -3.00. The highest BCUT2D eigenvalue weighted by atomic mass is 79.9. The van der Waals surface area contributed by atoms with Gasteiger partial charge in [-0.15, -0.1) is 0 Å². The molecule has 0 aliphatic carbocycles. The van der Waals surface area contributed by atoms with E-state index in [0.29, 0.717) is 16.5 Å². The number of rotatable bonds is 6. The lowest BCUT2D eigenvalue weighted by Crippen LogP contribution is -2.27. The van der Waals surface area contributed by atoms with Crippen LogP contribution in [0, 0.1) is 0 Å². The van der Waals surface area contributed by atoms with E-state index < -0.39 is 18.0 Å². The van der Waals surface area contributed by atoms with Crippen molar-refractivity contribution in [2.45, 2.75) is 19.1 Å². The first-order chi connectivity index (χ1) is 13.0. The van der Waals surface area contributed by atoms with Gasteiger partial charge in [0.2, 0.25) is 6.10 Å². The van der Waals surface area contributed by atoms with Crippen LogP contribution in [-0.4, -0.2) is 21.4 Å². The van der Waals surface area contributed by atoms with Gasteiger partial charge in [-0.25, -0.2) is 4.98 Å². The minimum absolute atomic E-state index is 0.0768. The second kappa shape index (κ2) is 8.13. The molecule has 8 heteroatoms. The molecule has 0 saturated carbocycles. The summed E-state index contributed by atoms with van der Waals surface area (Å²) in [5.41, 5.74) is 6.14. The van der Waals surface area contributed by atoms with Gasteiger partial charge in [-0.2, -0.15) is 0 Å². The van der Waals surface area contributed by atoms with E-state index in [1.54, 1.807) is 48.5 Å². The molecule has 138 valence electrons. The number of nitrogens with two attached hydrogens (primary N) is 1. The van der Waals surface area contributed by atoms with E-state index in [4.69, 9.17) is 10.5 Å². The minimum Gasteiger partial charge on any atom is -0.447 e. The molecule has 0 aliphatic rings. The Morgan fingerprint density at radius 1 is 1.19 bits per heavy atom.